The van der Waals surface area contributed by atoms with E-state index in [1.54, 1.807) is 18.2 Å². The van der Waals surface area contributed by atoms with Crippen LogP contribution in [0.2, 0.25) is 5.02 Å². The minimum atomic E-state index is -0.129. The zero-order valence-electron chi connectivity index (χ0n) is 8.47. The Hall–Kier alpha value is -1.81. The summed E-state index contributed by atoms with van der Waals surface area (Å²) >= 11 is 5.94. The summed E-state index contributed by atoms with van der Waals surface area (Å²) in [5.41, 5.74) is 2.04. The Morgan fingerprint density at radius 1 is 1.38 bits per heavy atom. The molecule has 0 aliphatic heterocycles. The normalized spacial score (nSPS) is 11.4. The SMILES string of the molecule is Cc1[nH]nc2c1c(=O)[nH]c1ccc(Cl)cc12. The molecule has 5 heteroatoms. The maximum atomic E-state index is 11.8. The standard InChI is InChI=1S/C11H8ClN3O/c1-5-9-10(15-14-5)7-4-6(12)2-3-8(7)13-11(9)16/h2-4H,1H3,(H,13,16)(H,14,15). The van der Waals surface area contributed by atoms with Crippen molar-refractivity contribution >= 4 is 33.4 Å². The van der Waals surface area contributed by atoms with Gasteiger partial charge < -0.3 is 4.98 Å². The molecule has 0 atom stereocenters. The van der Waals surface area contributed by atoms with Crippen LogP contribution in [0.15, 0.2) is 23.0 Å². The molecule has 0 radical (unpaired) electrons. The molecular formula is C11H8ClN3O. The maximum absolute atomic E-state index is 11.8. The number of nitrogens with zero attached hydrogens (tertiary/aromatic N) is 1. The number of halogens is 1. The molecule has 16 heavy (non-hydrogen) atoms. The number of aryl methyl sites for hydroxylation is 1. The first-order valence-electron chi connectivity index (χ1n) is 4.83. The maximum Gasteiger partial charge on any atom is 0.259 e. The van der Waals surface area contributed by atoms with Gasteiger partial charge in [-0.2, -0.15) is 5.10 Å². The molecule has 2 aromatic heterocycles. The van der Waals surface area contributed by atoms with Crippen molar-refractivity contribution in [2.45, 2.75) is 6.92 Å². The number of hydrogen-bond acceptors (Lipinski definition) is 2. The number of H-pyrrole nitrogens is 2. The number of fused-ring (bicyclic) bond motifs is 3. The van der Waals surface area contributed by atoms with Gasteiger partial charge in [-0.1, -0.05) is 11.6 Å². The van der Waals surface area contributed by atoms with Gasteiger partial charge in [0.05, 0.1) is 10.9 Å². The predicted molar refractivity (Wildman–Crippen MR) is 64.0 cm³/mol. The number of rotatable bonds is 0. The van der Waals surface area contributed by atoms with Crippen LogP contribution in [0.25, 0.3) is 21.8 Å². The molecule has 80 valence electrons. The largest absolute Gasteiger partial charge is 0.321 e. The molecule has 1 aromatic carbocycles. The minimum Gasteiger partial charge on any atom is -0.321 e. The number of aromatic nitrogens is 3. The van der Waals surface area contributed by atoms with Gasteiger partial charge in [-0.05, 0) is 25.1 Å². The highest BCUT2D eigenvalue weighted by Crippen LogP contribution is 2.23. The fraction of sp³-hybridized carbons (Fsp3) is 0.0909. The summed E-state index contributed by atoms with van der Waals surface area (Å²) in [4.78, 5) is 14.6. The van der Waals surface area contributed by atoms with Crippen LogP contribution in [-0.4, -0.2) is 15.2 Å². The van der Waals surface area contributed by atoms with Crippen molar-refractivity contribution in [2.75, 3.05) is 0 Å². The number of aromatic amines is 2. The third-order valence-electron chi connectivity index (χ3n) is 2.66. The summed E-state index contributed by atoms with van der Waals surface area (Å²) in [6, 6.07) is 5.32. The number of pyridine rings is 1. The summed E-state index contributed by atoms with van der Waals surface area (Å²) in [6.45, 7) is 1.82. The Balaban J connectivity index is 2.67. The van der Waals surface area contributed by atoms with Crippen LogP contribution in [-0.2, 0) is 0 Å². The van der Waals surface area contributed by atoms with Crippen LogP contribution in [0.5, 0.6) is 0 Å². The summed E-state index contributed by atoms with van der Waals surface area (Å²) in [6.07, 6.45) is 0. The van der Waals surface area contributed by atoms with Crippen molar-refractivity contribution in [1.82, 2.24) is 15.2 Å². The van der Waals surface area contributed by atoms with Crippen LogP contribution < -0.4 is 5.56 Å². The summed E-state index contributed by atoms with van der Waals surface area (Å²) in [7, 11) is 0. The quantitative estimate of drug-likeness (QED) is 0.626. The van der Waals surface area contributed by atoms with E-state index in [9.17, 15) is 4.79 Å². The first kappa shape index (κ1) is 9.42. The van der Waals surface area contributed by atoms with Gasteiger partial charge in [0.1, 0.15) is 5.52 Å². The second-order valence-electron chi connectivity index (χ2n) is 3.72. The molecule has 2 heterocycles. The van der Waals surface area contributed by atoms with Gasteiger partial charge in [-0.15, -0.1) is 0 Å². The van der Waals surface area contributed by atoms with E-state index in [-0.39, 0.29) is 5.56 Å². The smallest absolute Gasteiger partial charge is 0.259 e. The van der Waals surface area contributed by atoms with E-state index in [0.29, 0.717) is 15.9 Å². The average Bonchev–Trinajstić information content (AvgIpc) is 2.63. The Morgan fingerprint density at radius 3 is 3.00 bits per heavy atom. The van der Waals surface area contributed by atoms with Gasteiger partial charge in [-0.25, -0.2) is 0 Å². The molecule has 0 aliphatic rings. The van der Waals surface area contributed by atoms with Crippen molar-refractivity contribution in [3.8, 4) is 0 Å². The molecule has 0 saturated carbocycles. The van der Waals surface area contributed by atoms with Crippen molar-refractivity contribution in [3.63, 3.8) is 0 Å². The van der Waals surface area contributed by atoms with E-state index < -0.39 is 0 Å². The topological polar surface area (TPSA) is 61.5 Å². The average molecular weight is 234 g/mol. The van der Waals surface area contributed by atoms with E-state index in [2.05, 4.69) is 15.2 Å². The summed E-state index contributed by atoms with van der Waals surface area (Å²) in [5.74, 6) is 0. The molecule has 0 aliphatic carbocycles. The first-order valence-corrected chi connectivity index (χ1v) is 5.21. The molecule has 0 fully saturated rings. The second kappa shape index (κ2) is 3.09. The molecule has 3 aromatic rings. The lowest BCUT2D eigenvalue weighted by molar-refractivity contribution is 1.07. The molecule has 4 nitrogen and oxygen atoms in total. The van der Waals surface area contributed by atoms with Crippen LogP contribution in [0.3, 0.4) is 0 Å². The molecule has 0 unspecified atom stereocenters. The van der Waals surface area contributed by atoms with E-state index in [1.807, 2.05) is 6.92 Å². The Kier molecular flexibility index (Phi) is 1.82. The predicted octanol–water partition coefficient (Wildman–Crippen LogP) is 2.37. The lowest BCUT2D eigenvalue weighted by atomic mass is 10.1. The Bertz CT molecular complexity index is 757. The second-order valence-corrected chi connectivity index (χ2v) is 4.15. The van der Waals surface area contributed by atoms with E-state index in [1.165, 1.54) is 0 Å². The fourth-order valence-electron chi connectivity index (χ4n) is 1.91. The van der Waals surface area contributed by atoms with Gasteiger partial charge in [0.2, 0.25) is 0 Å². The molecular weight excluding hydrogens is 226 g/mol. The number of nitrogens with one attached hydrogen (secondary N) is 2. The molecule has 0 bridgehead atoms. The van der Waals surface area contributed by atoms with Crippen molar-refractivity contribution in [2.24, 2.45) is 0 Å². The van der Waals surface area contributed by atoms with E-state index in [0.717, 1.165) is 16.6 Å². The van der Waals surface area contributed by atoms with E-state index in [4.69, 9.17) is 11.6 Å². The number of hydrogen-bond donors (Lipinski definition) is 2. The van der Waals surface area contributed by atoms with Gasteiger partial charge >= 0.3 is 0 Å². The van der Waals surface area contributed by atoms with E-state index >= 15 is 0 Å². The van der Waals surface area contributed by atoms with Gasteiger partial charge in [0.25, 0.3) is 5.56 Å². The van der Waals surface area contributed by atoms with Crippen LogP contribution in [0.1, 0.15) is 5.69 Å². The van der Waals surface area contributed by atoms with Crippen molar-refractivity contribution in [1.29, 1.82) is 0 Å². The first-order chi connectivity index (χ1) is 7.66. The highest BCUT2D eigenvalue weighted by Gasteiger charge is 2.10. The lowest BCUT2D eigenvalue weighted by Crippen LogP contribution is -2.06. The van der Waals surface area contributed by atoms with Gasteiger partial charge in [0.15, 0.2) is 0 Å². The van der Waals surface area contributed by atoms with Crippen LogP contribution in [0, 0.1) is 6.92 Å². The Labute approximate surface area is 95.2 Å². The lowest BCUT2D eigenvalue weighted by Gasteiger charge is -1.99. The zero-order chi connectivity index (χ0) is 11.3. The molecule has 0 spiro atoms. The third-order valence-corrected chi connectivity index (χ3v) is 2.89. The summed E-state index contributed by atoms with van der Waals surface area (Å²) < 4.78 is 0. The highest BCUT2D eigenvalue weighted by molar-refractivity contribution is 6.31. The molecule has 0 amide bonds. The molecule has 3 rings (SSSR count). The fourth-order valence-corrected chi connectivity index (χ4v) is 2.08. The van der Waals surface area contributed by atoms with Crippen LogP contribution in [0.4, 0.5) is 0 Å². The van der Waals surface area contributed by atoms with Crippen LogP contribution >= 0.6 is 11.6 Å². The monoisotopic (exact) mass is 233 g/mol. The Morgan fingerprint density at radius 2 is 2.19 bits per heavy atom. The minimum absolute atomic E-state index is 0.129. The summed E-state index contributed by atoms with van der Waals surface area (Å²) in [5, 5.41) is 9.03. The van der Waals surface area contributed by atoms with Gasteiger partial charge in [-0.3, -0.25) is 9.89 Å². The molecule has 0 saturated heterocycles. The number of benzene rings is 1. The van der Waals surface area contributed by atoms with Crippen molar-refractivity contribution in [3.05, 3.63) is 39.3 Å². The third kappa shape index (κ3) is 1.17. The van der Waals surface area contributed by atoms with Crippen molar-refractivity contribution < 1.29 is 0 Å². The van der Waals surface area contributed by atoms with Gasteiger partial charge in [0, 0.05) is 16.1 Å². The highest BCUT2D eigenvalue weighted by atomic mass is 35.5. The zero-order valence-corrected chi connectivity index (χ0v) is 9.22. The molecule has 2 N–H and O–H groups in total.